The monoisotopic (exact) mass is 356 g/mol. The molecule has 1 atom stereocenters. The highest BCUT2D eigenvalue weighted by Crippen LogP contribution is 2.10. The fraction of sp³-hybridized carbons (Fsp3) is 0.500. The molecule has 3 N–H and O–H groups in total. The molecular formula is C16H24N2O5S. The van der Waals surface area contributed by atoms with E-state index in [0.29, 0.717) is 6.54 Å². The molecule has 0 spiro atoms. The van der Waals surface area contributed by atoms with Crippen molar-refractivity contribution in [2.24, 2.45) is 0 Å². The third-order valence-corrected chi connectivity index (χ3v) is 4.90. The van der Waals surface area contributed by atoms with Crippen molar-refractivity contribution >= 4 is 21.9 Å². The van der Waals surface area contributed by atoms with Crippen LogP contribution in [0.4, 0.5) is 0 Å². The molecule has 0 saturated carbocycles. The van der Waals surface area contributed by atoms with E-state index in [1.165, 1.54) is 12.1 Å². The van der Waals surface area contributed by atoms with Gasteiger partial charge in [0.2, 0.25) is 15.9 Å². The van der Waals surface area contributed by atoms with Gasteiger partial charge in [-0.15, -0.1) is 0 Å². The van der Waals surface area contributed by atoms with Crippen molar-refractivity contribution in [3.05, 3.63) is 30.3 Å². The molecule has 1 aromatic carbocycles. The van der Waals surface area contributed by atoms with Crippen LogP contribution in [0.15, 0.2) is 35.2 Å². The van der Waals surface area contributed by atoms with Crippen LogP contribution in [-0.2, 0) is 19.6 Å². The number of sulfonamides is 1. The molecule has 8 heteroatoms. The summed E-state index contributed by atoms with van der Waals surface area (Å²) in [5.74, 6) is -1.59. The number of carboxylic acid groups (broad SMARTS) is 1. The summed E-state index contributed by atoms with van der Waals surface area (Å²) in [7, 11) is -3.94. The van der Waals surface area contributed by atoms with Crippen LogP contribution in [0.3, 0.4) is 0 Å². The van der Waals surface area contributed by atoms with Crippen molar-refractivity contribution < 1.29 is 23.1 Å². The Hall–Kier alpha value is -1.93. The lowest BCUT2D eigenvalue weighted by atomic mass is 10.1. The Morgan fingerprint density at radius 3 is 2.42 bits per heavy atom. The number of unbranched alkanes of at least 4 members (excludes halogenated alkanes) is 2. The third-order valence-electron chi connectivity index (χ3n) is 3.41. The normalized spacial score (nSPS) is 12.5. The topological polar surface area (TPSA) is 113 Å². The molecule has 1 rings (SSSR count). The number of nitrogens with one attached hydrogen (secondary N) is 2. The van der Waals surface area contributed by atoms with E-state index >= 15 is 0 Å². The van der Waals surface area contributed by atoms with Crippen LogP contribution < -0.4 is 10.0 Å². The van der Waals surface area contributed by atoms with Crippen LogP contribution in [0.5, 0.6) is 0 Å². The molecule has 7 nitrogen and oxygen atoms in total. The molecule has 0 bridgehead atoms. The number of aliphatic carboxylic acids is 1. The van der Waals surface area contributed by atoms with E-state index in [4.69, 9.17) is 0 Å². The molecular weight excluding hydrogens is 332 g/mol. The van der Waals surface area contributed by atoms with E-state index in [9.17, 15) is 23.1 Å². The van der Waals surface area contributed by atoms with Crippen molar-refractivity contribution in [3.8, 4) is 0 Å². The van der Waals surface area contributed by atoms with Crippen LogP contribution in [-0.4, -0.2) is 38.0 Å². The second-order valence-electron chi connectivity index (χ2n) is 5.42. The summed E-state index contributed by atoms with van der Waals surface area (Å²) < 4.78 is 26.5. The summed E-state index contributed by atoms with van der Waals surface area (Å²) in [4.78, 5) is 22.9. The van der Waals surface area contributed by atoms with Gasteiger partial charge in [-0.1, -0.05) is 38.0 Å². The van der Waals surface area contributed by atoms with Gasteiger partial charge in [0.05, 0.1) is 4.90 Å². The van der Waals surface area contributed by atoms with E-state index in [2.05, 4.69) is 17.0 Å². The minimum absolute atomic E-state index is 0.0136. The van der Waals surface area contributed by atoms with Gasteiger partial charge in [-0.05, 0) is 25.0 Å². The zero-order valence-electron chi connectivity index (χ0n) is 13.7. The number of rotatable bonds is 11. The number of benzene rings is 1. The maximum Gasteiger partial charge on any atom is 0.321 e. The molecule has 0 saturated heterocycles. The smallest absolute Gasteiger partial charge is 0.321 e. The first-order chi connectivity index (χ1) is 11.4. The Labute approximate surface area is 142 Å². The maximum absolute atomic E-state index is 12.2. The van der Waals surface area contributed by atoms with Gasteiger partial charge in [-0.25, -0.2) is 8.42 Å². The number of carboxylic acids is 1. The van der Waals surface area contributed by atoms with Gasteiger partial charge in [-0.3, -0.25) is 9.59 Å². The molecule has 0 heterocycles. The SMILES string of the molecule is CCCCCNC(=O)CCC(NS(=O)(=O)c1ccccc1)C(=O)O. The van der Waals surface area contributed by atoms with Crippen LogP contribution in [0.1, 0.15) is 39.0 Å². The molecule has 0 fully saturated rings. The van der Waals surface area contributed by atoms with E-state index in [1.807, 2.05) is 0 Å². The predicted molar refractivity (Wildman–Crippen MR) is 90.0 cm³/mol. The van der Waals surface area contributed by atoms with Gasteiger partial charge in [0.1, 0.15) is 6.04 Å². The van der Waals surface area contributed by atoms with E-state index in [-0.39, 0.29) is 23.6 Å². The Morgan fingerprint density at radius 2 is 1.83 bits per heavy atom. The number of hydrogen-bond acceptors (Lipinski definition) is 4. The largest absolute Gasteiger partial charge is 0.480 e. The van der Waals surface area contributed by atoms with Crippen LogP contribution in [0, 0.1) is 0 Å². The number of carbonyl (C=O) groups is 2. The first kappa shape index (κ1) is 20.1. The summed E-state index contributed by atoms with van der Waals surface area (Å²) in [6.07, 6.45) is 2.75. The average molecular weight is 356 g/mol. The number of hydrogen-bond donors (Lipinski definition) is 3. The van der Waals surface area contributed by atoms with E-state index in [0.717, 1.165) is 19.3 Å². The van der Waals surface area contributed by atoms with Gasteiger partial charge >= 0.3 is 5.97 Å². The molecule has 1 aromatic rings. The van der Waals surface area contributed by atoms with Crippen molar-refractivity contribution in [2.45, 2.75) is 50.0 Å². The summed E-state index contributed by atoms with van der Waals surface area (Å²) in [5.41, 5.74) is 0. The maximum atomic E-state index is 12.2. The minimum atomic E-state index is -3.94. The lowest BCUT2D eigenvalue weighted by Gasteiger charge is -2.14. The third kappa shape index (κ3) is 7.10. The van der Waals surface area contributed by atoms with Gasteiger partial charge in [0.15, 0.2) is 0 Å². The zero-order valence-corrected chi connectivity index (χ0v) is 14.5. The molecule has 24 heavy (non-hydrogen) atoms. The van der Waals surface area contributed by atoms with Gasteiger partial charge in [0, 0.05) is 13.0 Å². The minimum Gasteiger partial charge on any atom is -0.480 e. The Bertz CT molecular complexity index is 631. The van der Waals surface area contributed by atoms with Crippen molar-refractivity contribution in [2.75, 3.05) is 6.54 Å². The zero-order chi connectivity index (χ0) is 18.0. The Balaban J connectivity index is 2.56. The Kier molecular flexibility index (Phi) is 8.42. The second kappa shape index (κ2) is 10.0. The Morgan fingerprint density at radius 1 is 1.17 bits per heavy atom. The molecule has 0 aliphatic heterocycles. The summed E-state index contributed by atoms with van der Waals surface area (Å²) in [6.45, 7) is 2.60. The fourth-order valence-corrected chi connectivity index (χ4v) is 3.30. The number of amides is 1. The second-order valence-corrected chi connectivity index (χ2v) is 7.13. The van der Waals surface area contributed by atoms with Crippen LogP contribution in [0.25, 0.3) is 0 Å². The van der Waals surface area contributed by atoms with E-state index in [1.54, 1.807) is 18.2 Å². The van der Waals surface area contributed by atoms with Gasteiger partial charge in [-0.2, -0.15) is 4.72 Å². The van der Waals surface area contributed by atoms with Gasteiger partial charge in [0.25, 0.3) is 0 Å². The number of carbonyl (C=O) groups excluding carboxylic acids is 1. The highest BCUT2D eigenvalue weighted by atomic mass is 32.2. The quantitative estimate of drug-likeness (QED) is 0.520. The molecule has 0 aliphatic rings. The first-order valence-electron chi connectivity index (χ1n) is 7.93. The van der Waals surface area contributed by atoms with E-state index < -0.39 is 22.0 Å². The molecule has 0 radical (unpaired) electrons. The molecule has 0 aliphatic carbocycles. The molecule has 0 aromatic heterocycles. The molecule has 1 amide bonds. The average Bonchev–Trinajstić information content (AvgIpc) is 2.56. The summed E-state index contributed by atoms with van der Waals surface area (Å²) in [6, 6.07) is 6.17. The predicted octanol–water partition coefficient (Wildman–Crippen LogP) is 1.50. The first-order valence-corrected chi connectivity index (χ1v) is 9.42. The van der Waals surface area contributed by atoms with Gasteiger partial charge < -0.3 is 10.4 Å². The molecule has 1 unspecified atom stereocenters. The van der Waals surface area contributed by atoms with Crippen molar-refractivity contribution in [1.82, 2.24) is 10.0 Å². The van der Waals surface area contributed by atoms with Crippen molar-refractivity contribution in [1.29, 1.82) is 0 Å². The fourth-order valence-electron chi connectivity index (χ4n) is 2.05. The highest BCUT2D eigenvalue weighted by molar-refractivity contribution is 7.89. The summed E-state index contributed by atoms with van der Waals surface area (Å²) >= 11 is 0. The summed E-state index contributed by atoms with van der Waals surface area (Å²) in [5, 5.41) is 11.9. The van der Waals surface area contributed by atoms with Crippen LogP contribution in [0.2, 0.25) is 0 Å². The van der Waals surface area contributed by atoms with Crippen molar-refractivity contribution in [3.63, 3.8) is 0 Å². The van der Waals surface area contributed by atoms with Crippen LogP contribution >= 0.6 is 0 Å². The highest BCUT2D eigenvalue weighted by Gasteiger charge is 2.25. The standard InChI is InChI=1S/C16H24N2O5S/c1-2-3-7-12-17-15(19)11-10-14(16(20)21)18-24(22,23)13-8-5-4-6-9-13/h4-6,8-9,14,18H,2-3,7,10-12H2,1H3,(H,17,19)(H,20,21). The lowest BCUT2D eigenvalue weighted by molar-refractivity contribution is -0.139. The molecule has 134 valence electrons. The lowest BCUT2D eigenvalue weighted by Crippen LogP contribution is -2.41.